The van der Waals surface area contributed by atoms with Gasteiger partial charge in [0, 0.05) is 18.5 Å². The van der Waals surface area contributed by atoms with Gasteiger partial charge in [-0.1, -0.05) is 0 Å². The Kier molecular flexibility index (Phi) is 7.38. The molecule has 0 spiro atoms. The van der Waals surface area contributed by atoms with Crippen molar-refractivity contribution in [3.05, 3.63) is 54.3 Å². The third kappa shape index (κ3) is 6.78. The Hall–Kier alpha value is -3.13. The summed E-state index contributed by atoms with van der Waals surface area (Å²) in [7, 11) is 1.44. The lowest BCUT2D eigenvalue weighted by atomic mass is 10.3. The van der Waals surface area contributed by atoms with Crippen LogP contribution >= 0.6 is 0 Å². The molecule has 0 aliphatic heterocycles. The summed E-state index contributed by atoms with van der Waals surface area (Å²) in [5.41, 5.74) is 1.18. The minimum absolute atomic E-state index is 0.0254. The molecule has 0 unspecified atom stereocenters. The van der Waals surface area contributed by atoms with E-state index < -0.39 is 0 Å². The first kappa shape index (κ1) is 19.2. The molecule has 0 saturated carbocycles. The van der Waals surface area contributed by atoms with Crippen LogP contribution in [-0.4, -0.2) is 38.8 Å². The molecule has 7 nitrogen and oxygen atoms in total. The highest BCUT2D eigenvalue weighted by atomic mass is 19.1. The number of nitrogens with one attached hydrogen (secondary N) is 3. The first-order valence-corrected chi connectivity index (χ1v) is 7.89. The van der Waals surface area contributed by atoms with Gasteiger partial charge in [-0.2, -0.15) is 0 Å². The van der Waals surface area contributed by atoms with Crippen molar-refractivity contribution in [1.82, 2.24) is 5.32 Å². The third-order valence-electron chi connectivity index (χ3n) is 3.17. The number of urea groups is 1. The second kappa shape index (κ2) is 10.00. The molecule has 0 aromatic heterocycles. The van der Waals surface area contributed by atoms with E-state index in [0.29, 0.717) is 17.1 Å². The second-order valence-corrected chi connectivity index (χ2v) is 5.24. The van der Waals surface area contributed by atoms with E-state index in [1.54, 1.807) is 24.3 Å². The summed E-state index contributed by atoms with van der Waals surface area (Å²) in [5, 5.41) is 7.95. The molecule has 0 aliphatic carbocycles. The van der Waals surface area contributed by atoms with Crippen LogP contribution in [0.1, 0.15) is 0 Å². The maximum atomic E-state index is 12.8. The van der Waals surface area contributed by atoms with Gasteiger partial charge in [0.1, 0.15) is 24.8 Å². The average Bonchev–Trinajstić information content (AvgIpc) is 2.62. The molecule has 0 saturated heterocycles. The first-order chi connectivity index (χ1) is 12.6. The van der Waals surface area contributed by atoms with E-state index >= 15 is 0 Å². The van der Waals surface area contributed by atoms with Crippen LogP contribution in [0.4, 0.5) is 20.6 Å². The van der Waals surface area contributed by atoms with Crippen LogP contribution in [0, 0.1) is 5.82 Å². The Balaban J connectivity index is 1.68. The minimum atomic E-state index is -0.385. The van der Waals surface area contributed by atoms with E-state index in [0.717, 1.165) is 0 Å². The summed E-state index contributed by atoms with van der Waals surface area (Å²) in [6, 6.07) is 11.9. The van der Waals surface area contributed by atoms with Crippen LogP contribution in [0.3, 0.4) is 0 Å². The van der Waals surface area contributed by atoms with Gasteiger partial charge in [-0.05, 0) is 48.5 Å². The fraction of sp³-hybridized carbons (Fsp3) is 0.222. The predicted octanol–water partition coefficient (Wildman–Crippen LogP) is 2.61. The fourth-order valence-corrected chi connectivity index (χ4v) is 2.00. The molecule has 0 fully saturated rings. The number of benzene rings is 2. The molecule has 3 N–H and O–H groups in total. The van der Waals surface area contributed by atoms with Gasteiger partial charge >= 0.3 is 6.03 Å². The van der Waals surface area contributed by atoms with E-state index in [-0.39, 0.29) is 37.5 Å². The lowest BCUT2D eigenvalue weighted by molar-refractivity contribution is -0.119. The zero-order chi connectivity index (χ0) is 18.8. The number of carbonyl (C=O) groups is 2. The second-order valence-electron chi connectivity index (χ2n) is 5.24. The quantitative estimate of drug-likeness (QED) is 0.631. The number of ether oxygens (including phenoxy) is 2. The highest BCUT2D eigenvalue weighted by Crippen LogP contribution is 2.13. The number of hydrogen-bond acceptors (Lipinski definition) is 4. The number of hydrogen-bond donors (Lipinski definition) is 3. The largest absolute Gasteiger partial charge is 0.492 e. The Labute approximate surface area is 150 Å². The number of amides is 3. The van der Waals surface area contributed by atoms with Crippen molar-refractivity contribution in [3.8, 4) is 5.75 Å². The van der Waals surface area contributed by atoms with Crippen molar-refractivity contribution in [1.29, 1.82) is 0 Å². The first-order valence-electron chi connectivity index (χ1n) is 7.89. The molecular formula is C18H20FN3O4. The predicted molar refractivity (Wildman–Crippen MR) is 95.9 cm³/mol. The van der Waals surface area contributed by atoms with Crippen LogP contribution < -0.4 is 20.7 Å². The summed E-state index contributed by atoms with van der Waals surface area (Å²) in [4.78, 5) is 23.2. The maximum absolute atomic E-state index is 12.8. The highest BCUT2D eigenvalue weighted by Gasteiger charge is 2.04. The number of anilines is 2. The van der Waals surface area contributed by atoms with Crippen molar-refractivity contribution in [2.45, 2.75) is 0 Å². The zero-order valence-electron chi connectivity index (χ0n) is 14.3. The monoisotopic (exact) mass is 361 g/mol. The van der Waals surface area contributed by atoms with Crippen LogP contribution in [0.25, 0.3) is 0 Å². The molecule has 0 radical (unpaired) electrons. The van der Waals surface area contributed by atoms with Crippen LogP contribution in [0.5, 0.6) is 5.75 Å². The summed E-state index contributed by atoms with van der Waals surface area (Å²) >= 11 is 0. The van der Waals surface area contributed by atoms with Crippen molar-refractivity contribution in [3.63, 3.8) is 0 Å². The topological polar surface area (TPSA) is 88.7 Å². The van der Waals surface area contributed by atoms with E-state index in [1.807, 2.05) is 0 Å². The molecule has 2 rings (SSSR count). The Bertz CT molecular complexity index is 720. The smallest absolute Gasteiger partial charge is 0.319 e. The summed E-state index contributed by atoms with van der Waals surface area (Å²) < 4.78 is 22.9. The van der Waals surface area contributed by atoms with Crippen molar-refractivity contribution >= 4 is 23.3 Å². The maximum Gasteiger partial charge on any atom is 0.319 e. The zero-order valence-corrected chi connectivity index (χ0v) is 14.3. The van der Waals surface area contributed by atoms with Gasteiger partial charge in [0.15, 0.2) is 0 Å². The number of halogens is 1. The molecule has 2 aromatic carbocycles. The van der Waals surface area contributed by atoms with E-state index in [4.69, 9.17) is 9.47 Å². The van der Waals surface area contributed by atoms with Crippen LogP contribution in [0.15, 0.2) is 48.5 Å². The Morgan fingerprint density at radius 3 is 2.19 bits per heavy atom. The average molecular weight is 361 g/mol. The molecule has 0 aliphatic rings. The standard InChI is InChI=1S/C18H20FN3O4/c1-25-12-17(23)21-14-4-6-15(7-5-14)22-18(24)20-10-11-26-16-8-2-13(19)3-9-16/h2-9H,10-12H2,1H3,(H,21,23)(H2,20,22,24). The van der Waals surface area contributed by atoms with Gasteiger partial charge in [-0.15, -0.1) is 0 Å². The number of methoxy groups -OCH3 is 1. The van der Waals surface area contributed by atoms with Crippen molar-refractivity contribution in [2.75, 3.05) is 37.5 Å². The van der Waals surface area contributed by atoms with Crippen LogP contribution in [-0.2, 0) is 9.53 Å². The molecule has 3 amide bonds. The number of rotatable bonds is 8. The van der Waals surface area contributed by atoms with Gasteiger partial charge in [0.2, 0.25) is 5.91 Å². The van der Waals surface area contributed by atoms with Gasteiger partial charge in [-0.3, -0.25) is 4.79 Å². The lowest BCUT2D eigenvalue weighted by Crippen LogP contribution is -2.32. The minimum Gasteiger partial charge on any atom is -0.492 e. The molecule has 0 atom stereocenters. The molecule has 8 heteroatoms. The third-order valence-corrected chi connectivity index (χ3v) is 3.17. The van der Waals surface area contributed by atoms with Crippen LogP contribution in [0.2, 0.25) is 0 Å². The summed E-state index contributed by atoms with van der Waals surface area (Å²) in [6.45, 7) is 0.514. The van der Waals surface area contributed by atoms with Gasteiger partial charge in [0.25, 0.3) is 0 Å². The Morgan fingerprint density at radius 2 is 1.58 bits per heavy atom. The van der Waals surface area contributed by atoms with Gasteiger partial charge in [0.05, 0.1) is 6.54 Å². The Morgan fingerprint density at radius 1 is 0.962 bits per heavy atom. The molecule has 0 heterocycles. The van der Waals surface area contributed by atoms with E-state index in [2.05, 4.69) is 16.0 Å². The normalized spacial score (nSPS) is 10.1. The van der Waals surface area contributed by atoms with Crippen molar-refractivity contribution in [2.24, 2.45) is 0 Å². The molecule has 138 valence electrons. The SMILES string of the molecule is COCC(=O)Nc1ccc(NC(=O)NCCOc2ccc(F)cc2)cc1. The molecular weight excluding hydrogens is 341 g/mol. The molecule has 26 heavy (non-hydrogen) atoms. The van der Waals surface area contributed by atoms with Crippen molar-refractivity contribution < 1.29 is 23.5 Å². The summed E-state index contributed by atoms with van der Waals surface area (Å²) in [5.74, 6) is -0.0639. The lowest BCUT2D eigenvalue weighted by Gasteiger charge is -2.10. The molecule has 0 bridgehead atoms. The molecule has 2 aromatic rings. The summed E-state index contributed by atoms with van der Waals surface area (Å²) in [6.07, 6.45) is 0. The van der Waals surface area contributed by atoms with E-state index in [1.165, 1.54) is 31.4 Å². The highest BCUT2D eigenvalue weighted by molar-refractivity contribution is 5.93. The van der Waals surface area contributed by atoms with Gasteiger partial charge < -0.3 is 25.4 Å². The van der Waals surface area contributed by atoms with E-state index in [9.17, 15) is 14.0 Å². The van der Waals surface area contributed by atoms with Gasteiger partial charge in [-0.25, -0.2) is 9.18 Å². The fourth-order valence-electron chi connectivity index (χ4n) is 2.00. The number of carbonyl (C=O) groups excluding carboxylic acids is 2.